The SMILES string of the molecule is Cc1cccc(C(CC2(N)CC2)C(C)(F)F)c1. The summed E-state index contributed by atoms with van der Waals surface area (Å²) in [6.45, 7) is 2.91. The van der Waals surface area contributed by atoms with Crippen molar-refractivity contribution < 1.29 is 8.78 Å². The Hall–Kier alpha value is -0.960. The molecule has 0 spiro atoms. The number of benzene rings is 1. The minimum absolute atomic E-state index is 0.353. The van der Waals surface area contributed by atoms with Gasteiger partial charge in [0.1, 0.15) is 0 Å². The second kappa shape index (κ2) is 4.05. The van der Waals surface area contributed by atoms with E-state index in [1.807, 2.05) is 25.1 Å². The predicted octanol–water partition coefficient (Wildman–Crippen LogP) is 3.62. The van der Waals surface area contributed by atoms with Gasteiger partial charge in [0, 0.05) is 11.5 Å². The summed E-state index contributed by atoms with van der Waals surface area (Å²) >= 11 is 0. The third-order valence-electron chi connectivity index (χ3n) is 3.56. The van der Waals surface area contributed by atoms with Gasteiger partial charge in [-0.3, -0.25) is 0 Å². The van der Waals surface area contributed by atoms with Gasteiger partial charge in [-0.2, -0.15) is 0 Å². The average molecular weight is 239 g/mol. The Morgan fingerprint density at radius 1 is 1.41 bits per heavy atom. The van der Waals surface area contributed by atoms with Gasteiger partial charge in [0.25, 0.3) is 5.92 Å². The molecule has 1 unspecified atom stereocenters. The van der Waals surface area contributed by atoms with Crippen LogP contribution in [0.3, 0.4) is 0 Å². The topological polar surface area (TPSA) is 26.0 Å². The van der Waals surface area contributed by atoms with Crippen LogP contribution in [0, 0.1) is 6.92 Å². The molecular weight excluding hydrogens is 220 g/mol. The second-order valence-corrected chi connectivity index (χ2v) is 5.49. The molecule has 0 bridgehead atoms. The van der Waals surface area contributed by atoms with Crippen LogP contribution in [0.4, 0.5) is 8.78 Å². The molecule has 0 aromatic heterocycles. The monoisotopic (exact) mass is 239 g/mol. The van der Waals surface area contributed by atoms with Crippen LogP contribution in [0.25, 0.3) is 0 Å². The van der Waals surface area contributed by atoms with Crippen molar-refractivity contribution in [2.24, 2.45) is 5.73 Å². The fourth-order valence-corrected chi connectivity index (χ4v) is 2.25. The molecule has 1 aromatic carbocycles. The normalized spacial score (nSPS) is 20.1. The van der Waals surface area contributed by atoms with Crippen molar-refractivity contribution in [2.75, 3.05) is 0 Å². The molecule has 0 heterocycles. The molecule has 1 atom stereocenters. The summed E-state index contributed by atoms with van der Waals surface area (Å²) in [5, 5.41) is 0. The van der Waals surface area contributed by atoms with Gasteiger partial charge in [0.2, 0.25) is 0 Å². The summed E-state index contributed by atoms with van der Waals surface area (Å²) in [7, 11) is 0. The minimum atomic E-state index is -2.72. The highest BCUT2D eigenvalue weighted by molar-refractivity contribution is 5.28. The van der Waals surface area contributed by atoms with E-state index >= 15 is 0 Å². The van der Waals surface area contributed by atoms with Crippen molar-refractivity contribution in [3.05, 3.63) is 35.4 Å². The molecule has 94 valence electrons. The summed E-state index contributed by atoms with van der Waals surface area (Å²) in [6.07, 6.45) is 2.11. The minimum Gasteiger partial charge on any atom is -0.325 e. The highest BCUT2D eigenvalue weighted by atomic mass is 19.3. The fraction of sp³-hybridized carbons (Fsp3) is 0.571. The van der Waals surface area contributed by atoms with Crippen molar-refractivity contribution in [1.82, 2.24) is 0 Å². The molecule has 0 aliphatic heterocycles. The van der Waals surface area contributed by atoms with E-state index in [2.05, 4.69) is 0 Å². The maximum absolute atomic E-state index is 13.7. The Labute approximate surface area is 101 Å². The average Bonchev–Trinajstić information content (AvgIpc) is 2.92. The molecule has 1 aliphatic carbocycles. The fourth-order valence-electron chi connectivity index (χ4n) is 2.25. The Bertz CT molecular complexity index is 405. The number of hydrogen-bond acceptors (Lipinski definition) is 1. The largest absolute Gasteiger partial charge is 0.325 e. The van der Waals surface area contributed by atoms with Crippen molar-refractivity contribution in [3.8, 4) is 0 Å². The van der Waals surface area contributed by atoms with Crippen molar-refractivity contribution in [3.63, 3.8) is 0 Å². The van der Waals surface area contributed by atoms with Gasteiger partial charge in [0.05, 0.1) is 0 Å². The lowest BCUT2D eigenvalue weighted by Gasteiger charge is -2.27. The van der Waals surface area contributed by atoms with Crippen LogP contribution in [-0.2, 0) is 0 Å². The molecule has 3 heteroatoms. The maximum atomic E-state index is 13.7. The van der Waals surface area contributed by atoms with E-state index in [0.29, 0.717) is 12.0 Å². The molecule has 1 aliphatic rings. The third kappa shape index (κ3) is 3.03. The molecule has 0 radical (unpaired) electrons. The number of alkyl halides is 2. The molecule has 1 nitrogen and oxygen atoms in total. The van der Waals surface area contributed by atoms with Crippen LogP contribution < -0.4 is 5.73 Å². The van der Waals surface area contributed by atoms with Crippen molar-refractivity contribution in [1.29, 1.82) is 0 Å². The van der Waals surface area contributed by atoms with E-state index in [9.17, 15) is 8.78 Å². The summed E-state index contributed by atoms with van der Waals surface area (Å²) in [5.41, 5.74) is 7.35. The quantitative estimate of drug-likeness (QED) is 0.853. The van der Waals surface area contributed by atoms with Crippen molar-refractivity contribution in [2.45, 2.75) is 50.5 Å². The van der Waals surface area contributed by atoms with E-state index in [0.717, 1.165) is 25.3 Å². The molecule has 0 amide bonds. The number of aryl methyl sites for hydroxylation is 1. The molecule has 1 saturated carbocycles. The van der Waals surface area contributed by atoms with E-state index < -0.39 is 11.8 Å². The Morgan fingerprint density at radius 2 is 2.06 bits per heavy atom. The lowest BCUT2D eigenvalue weighted by Crippen LogP contribution is -2.32. The smallest absolute Gasteiger partial charge is 0.252 e. The second-order valence-electron chi connectivity index (χ2n) is 5.49. The highest BCUT2D eigenvalue weighted by Crippen LogP contribution is 2.46. The number of hydrogen-bond donors (Lipinski definition) is 1. The zero-order valence-corrected chi connectivity index (χ0v) is 10.3. The lowest BCUT2D eigenvalue weighted by molar-refractivity contribution is -0.0136. The summed E-state index contributed by atoms with van der Waals surface area (Å²) in [6, 6.07) is 7.37. The van der Waals surface area contributed by atoms with Gasteiger partial charge in [-0.15, -0.1) is 0 Å². The third-order valence-corrected chi connectivity index (χ3v) is 3.56. The van der Waals surface area contributed by atoms with Gasteiger partial charge >= 0.3 is 0 Å². The molecule has 2 rings (SSSR count). The summed E-state index contributed by atoms with van der Waals surface area (Å²) in [4.78, 5) is 0. The van der Waals surface area contributed by atoms with Crippen LogP contribution in [0.15, 0.2) is 24.3 Å². The molecule has 1 fully saturated rings. The Balaban J connectivity index is 2.26. The van der Waals surface area contributed by atoms with E-state index in [4.69, 9.17) is 5.73 Å². The van der Waals surface area contributed by atoms with Gasteiger partial charge in [-0.25, -0.2) is 8.78 Å². The molecule has 1 aromatic rings. The van der Waals surface area contributed by atoms with E-state index in [-0.39, 0.29) is 5.54 Å². The van der Waals surface area contributed by atoms with E-state index in [1.165, 1.54) is 0 Å². The standard InChI is InChI=1S/C14H19F2N/c1-10-4-3-5-11(8-10)12(13(2,15)16)9-14(17)6-7-14/h3-5,8,12H,6-7,9,17H2,1-2H3. The maximum Gasteiger partial charge on any atom is 0.252 e. The van der Waals surface area contributed by atoms with Crippen LogP contribution in [0.5, 0.6) is 0 Å². The Morgan fingerprint density at radius 3 is 2.53 bits per heavy atom. The first-order valence-electron chi connectivity index (χ1n) is 6.03. The molecular formula is C14H19F2N. The number of nitrogens with two attached hydrogens (primary N) is 1. The molecule has 0 saturated heterocycles. The first-order chi connectivity index (χ1) is 7.80. The highest BCUT2D eigenvalue weighted by Gasteiger charge is 2.46. The molecule has 17 heavy (non-hydrogen) atoms. The lowest BCUT2D eigenvalue weighted by atomic mass is 9.86. The number of rotatable bonds is 4. The summed E-state index contributed by atoms with van der Waals surface area (Å²) < 4.78 is 27.4. The Kier molecular flexibility index (Phi) is 2.98. The molecule has 2 N–H and O–H groups in total. The first kappa shape index (κ1) is 12.5. The van der Waals surface area contributed by atoms with Gasteiger partial charge in [-0.1, -0.05) is 29.8 Å². The van der Waals surface area contributed by atoms with Crippen LogP contribution in [0.1, 0.15) is 43.2 Å². The first-order valence-corrected chi connectivity index (χ1v) is 6.03. The van der Waals surface area contributed by atoms with Crippen LogP contribution >= 0.6 is 0 Å². The zero-order chi connectivity index (χ0) is 12.7. The van der Waals surface area contributed by atoms with Crippen molar-refractivity contribution >= 4 is 0 Å². The summed E-state index contributed by atoms with van der Waals surface area (Å²) in [5.74, 6) is -3.49. The van der Waals surface area contributed by atoms with Gasteiger partial charge in [-0.05, 0) is 38.7 Å². The zero-order valence-electron chi connectivity index (χ0n) is 10.3. The van der Waals surface area contributed by atoms with E-state index in [1.54, 1.807) is 6.07 Å². The van der Waals surface area contributed by atoms with Crippen LogP contribution in [0.2, 0.25) is 0 Å². The predicted molar refractivity (Wildman–Crippen MR) is 65.3 cm³/mol. The van der Waals surface area contributed by atoms with Gasteiger partial charge < -0.3 is 5.73 Å². The van der Waals surface area contributed by atoms with Gasteiger partial charge in [0.15, 0.2) is 0 Å². The van der Waals surface area contributed by atoms with Crippen LogP contribution in [-0.4, -0.2) is 11.5 Å². The number of halogens is 2.